The van der Waals surface area contributed by atoms with Gasteiger partial charge in [0.25, 0.3) is 0 Å². The van der Waals surface area contributed by atoms with E-state index in [-0.39, 0.29) is 24.1 Å². The Bertz CT molecular complexity index is 469. The molecule has 2 unspecified atom stereocenters. The molecular formula is C14H19FN2O2. The van der Waals surface area contributed by atoms with Crippen LogP contribution in [0.4, 0.5) is 4.39 Å². The number of hydrogen-bond donors (Lipinski definition) is 2. The Morgan fingerprint density at radius 2 is 2.00 bits per heavy atom. The summed E-state index contributed by atoms with van der Waals surface area (Å²) in [7, 11) is 0. The van der Waals surface area contributed by atoms with Crippen LogP contribution in [0.2, 0.25) is 0 Å². The third-order valence-corrected chi connectivity index (χ3v) is 3.18. The molecule has 1 heterocycles. The molecule has 2 rings (SSSR count). The number of amidine groups is 1. The third kappa shape index (κ3) is 3.44. The van der Waals surface area contributed by atoms with Crippen LogP contribution in [0.5, 0.6) is 5.75 Å². The highest BCUT2D eigenvalue weighted by atomic mass is 19.1. The van der Waals surface area contributed by atoms with Crippen LogP contribution in [0.15, 0.2) is 18.2 Å². The number of hydrogen-bond acceptors (Lipinski definition) is 3. The van der Waals surface area contributed by atoms with Crippen LogP contribution in [0.3, 0.4) is 0 Å². The topological polar surface area (TPSA) is 68.3 Å². The Morgan fingerprint density at radius 3 is 2.58 bits per heavy atom. The van der Waals surface area contributed by atoms with Gasteiger partial charge in [-0.05, 0) is 32.0 Å². The van der Waals surface area contributed by atoms with E-state index in [2.05, 4.69) is 0 Å². The van der Waals surface area contributed by atoms with Crippen LogP contribution in [-0.2, 0) is 4.74 Å². The molecule has 0 bridgehead atoms. The van der Waals surface area contributed by atoms with E-state index in [4.69, 9.17) is 20.6 Å². The van der Waals surface area contributed by atoms with E-state index < -0.39 is 5.82 Å². The van der Waals surface area contributed by atoms with Crippen LogP contribution in [0, 0.1) is 11.2 Å². The Balaban J connectivity index is 2.16. The highest BCUT2D eigenvalue weighted by Crippen LogP contribution is 2.26. The molecule has 1 fully saturated rings. The van der Waals surface area contributed by atoms with Crippen molar-refractivity contribution in [2.24, 2.45) is 5.73 Å². The van der Waals surface area contributed by atoms with Crippen molar-refractivity contribution in [3.63, 3.8) is 0 Å². The smallest absolute Gasteiger partial charge is 0.130 e. The van der Waals surface area contributed by atoms with Crippen molar-refractivity contribution in [1.29, 1.82) is 5.41 Å². The summed E-state index contributed by atoms with van der Waals surface area (Å²) < 4.78 is 24.7. The standard InChI is InChI=1S/C14H19FN2O2/c1-8-5-11(6-9(2)18-8)19-13-4-3-10(15)7-12(13)14(16)17/h3-4,7-9,11H,5-6H2,1-2H3,(H3,16,17). The van der Waals surface area contributed by atoms with E-state index in [9.17, 15) is 4.39 Å². The maximum absolute atomic E-state index is 13.2. The average Bonchev–Trinajstić information content (AvgIpc) is 2.30. The molecule has 1 aliphatic heterocycles. The van der Waals surface area contributed by atoms with Crippen molar-refractivity contribution in [3.05, 3.63) is 29.6 Å². The predicted octanol–water partition coefficient (Wildman–Crippen LogP) is 2.44. The number of nitrogens with two attached hydrogens (primary N) is 1. The summed E-state index contributed by atoms with van der Waals surface area (Å²) in [5.41, 5.74) is 5.75. The fourth-order valence-electron chi connectivity index (χ4n) is 2.44. The summed E-state index contributed by atoms with van der Waals surface area (Å²) in [6.07, 6.45) is 1.82. The van der Waals surface area contributed by atoms with Gasteiger partial charge >= 0.3 is 0 Å². The van der Waals surface area contributed by atoms with Gasteiger partial charge in [-0.25, -0.2) is 4.39 Å². The summed E-state index contributed by atoms with van der Waals surface area (Å²) in [6, 6.07) is 4.06. The van der Waals surface area contributed by atoms with E-state index in [0.29, 0.717) is 11.3 Å². The molecular weight excluding hydrogens is 247 g/mol. The molecule has 0 aliphatic carbocycles. The zero-order valence-electron chi connectivity index (χ0n) is 11.2. The highest BCUT2D eigenvalue weighted by Gasteiger charge is 2.26. The molecule has 19 heavy (non-hydrogen) atoms. The molecule has 0 radical (unpaired) electrons. The van der Waals surface area contributed by atoms with Crippen LogP contribution in [-0.4, -0.2) is 24.1 Å². The molecule has 0 amide bonds. The van der Waals surface area contributed by atoms with E-state index in [0.717, 1.165) is 12.8 Å². The van der Waals surface area contributed by atoms with Crippen LogP contribution in [0.25, 0.3) is 0 Å². The van der Waals surface area contributed by atoms with Gasteiger partial charge in [0.2, 0.25) is 0 Å². The molecule has 0 aromatic heterocycles. The molecule has 0 saturated carbocycles. The predicted molar refractivity (Wildman–Crippen MR) is 71.1 cm³/mol. The van der Waals surface area contributed by atoms with Crippen molar-refractivity contribution in [1.82, 2.24) is 0 Å². The van der Waals surface area contributed by atoms with E-state index >= 15 is 0 Å². The van der Waals surface area contributed by atoms with Gasteiger partial charge in [-0.15, -0.1) is 0 Å². The van der Waals surface area contributed by atoms with Gasteiger partial charge in [0, 0.05) is 12.8 Å². The van der Waals surface area contributed by atoms with Crippen LogP contribution >= 0.6 is 0 Å². The lowest BCUT2D eigenvalue weighted by atomic mass is 10.0. The van der Waals surface area contributed by atoms with Gasteiger partial charge in [-0.2, -0.15) is 0 Å². The lowest BCUT2D eigenvalue weighted by Crippen LogP contribution is -2.36. The molecule has 2 atom stereocenters. The summed E-state index contributed by atoms with van der Waals surface area (Å²) in [5.74, 6) is -0.158. The fourth-order valence-corrected chi connectivity index (χ4v) is 2.44. The molecule has 1 aromatic carbocycles. The number of rotatable bonds is 3. The Kier molecular flexibility index (Phi) is 4.04. The van der Waals surface area contributed by atoms with Crippen LogP contribution < -0.4 is 10.5 Å². The minimum atomic E-state index is -0.425. The number of ether oxygens (including phenoxy) is 2. The first kappa shape index (κ1) is 13.8. The van der Waals surface area contributed by atoms with Crippen molar-refractivity contribution >= 4 is 5.84 Å². The summed E-state index contributed by atoms with van der Waals surface area (Å²) in [5, 5.41) is 7.48. The molecule has 104 valence electrons. The van der Waals surface area contributed by atoms with E-state index in [1.165, 1.54) is 18.2 Å². The Hall–Kier alpha value is -1.62. The van der Waals surface area contributed by atoms with E-state index in [1.54, 1.807) is 0 Å². The van der Waals surface area contributed by atoms with Gasteiger partial charge in [-0.1, -0.05) is 0 Å². The summed E-state index contributed by atoms with van der Waals surface area (Å²) >= 11 is 0. The molecule has 4 nitrogen and oxygen atoms in total. The van der Waals surface area contributed by atoms with Crippen molar-refractivity contribution in [3.8, 4) is 5.75 Å². The van der Waals surface area contributed by atoms with Crippen molar-refractivity contribution in [2.75, 3.05) is 0 Å². The second-order valence-corrected chi connectivity index (χ2v) is 5.02. The van der Waals surface area contributed by atoms with Crippen molar-refractivity contribution < 1.29 is 13.9 Å². The van der Waals surface area contributed by atoms with Crippen molar-refractivity contribution in [2.45, 2.75) is 45.0 Å². The highest BCUT2D eigenvalue weighted by molar-refractivity contribution is 5.97. The largest absolute Gasteiger partial charge is 0.489 e. The Labute approximate surface area is 112 Å². The number of nitrogen functional groups attached to an aromatic ring is 1. The molecule has 1 aliphatic rings. The maximum atomic E-state index is 13.2. The molecule has 1 saturated heterocycles. The SMILES string of the molecule is CC1CC(Oc2ccc(F)cc2C(=N)N)CC(C)O1. The first-order chi connectivity index (χ1) is 8.95. The third-order valence-electron chi connectivity index (χ3n) is 3.18. The quantitative estimate of drug-likeness (QED) is 0.652. The van der Waals surface area contributed by atoms with E-state index in [1.807, 2.05) is 13.8 Å². The maximum Gasteiger partial charge on any atom is 0.130 e. The zero-order valence-corrected chi connectivity index (χ0v) is 11.2. The van der Waals surface area contributed by atoms with Gasteiger partial charge in [0.15, 0.2) is 0 Å². The number of nitrogens with one attached hydrogen (secondary N) is 1. The Morgan fingerprint density at radius 1 is 1.37 bits per heavy atom. The normalized spacial score (nSPS) is 27.0. The second-order valence-electron chi connectivity index (χ2n) is 5.02. The molecule has 5 heteroatoms. The van der Waals surface area contributed by atoms with Gasteiger partial charge in [-0.3, -0.25) is 5.41 Å². The average molecular weight is 266 g/mol. The molecule has 0 spiro atoms. The lowest BCUT2D eigenvalue weighted by Gasteiger charge is -2.32. The first-order valence-corrected chi connectivity index (χ1v) is 6.41. The number of benzene rings is 1. The zero-order chi connectivity index (χ0) is 14.0. The minimum Gasteiger partial charge on any atom is -0.489 e. The van der Waals surface area contributed by atoms with Gasteiger partial charge < -0.3 is 15.2 Å². The molecule has 1 aromatic rings. The fraction of sp³-hybridized carbons (Fsp3) is 0.500. The van der Waals surface area contributed by atoms with Gasteiger partial charge in [0.1, 0.15) is 23.5 Å². The summed E-state index contributed by atoms with van der Waals surface area (Å²) in [4.78, 5) is 0. The lowest BCUT2D eigenvalue weighted by molar-refractivity contribution is -0.0721. The monoisotopic (exact) mass is 266 g/mol. The van der Waals surface area contributed by atoms with Crippen LogP contribution in [0.1, 0.15) is 32.3 Å². The minimum absolute atomic E-state index is 0.00214. The first-order valence-electron chi connectivity index (χ1n) is 6.41. The number of halogens is 1. The van der Waals surface area contributed by atoms with Gasteiger partial charge in [0.05, 0.1) is 17.8 Å². The second kappa shape index (κ2) is 5.57. The summed E-state index contributed by atoms with van der Waals surface area (Å²) in [6.45, 7) is 4.01. The molecule has 3 N–H and O–H groups in total.